The summed E-state index contributed by atoms with van der Waals surface area (Å²) in [6, 6.07) is 3.57. The third-order valence-electron chi connectivity index (χ3n) is 2.69. The Hall–Kier alpha value is -1.45. The SMILES string of the molecule is CCC(C)(C)NC(=O)C(C)Nn1cccc1. The summed E-state index contributed by atoms with van der Waals surface area (Å²) in [5.74, 6) is 0.0144. The number of amides is 1. The summed E-state index contributed by atoms with van der Waals surface area (Å²) < 4.78 is 1.78. The molecule has 0 saturated carbocycles. The lowest BCUT2D eigenvalue weighted by molar-refractivity contribution is -0.123. The smallest absolute Gasteiger partial charge is 0.244 e. The second-order valence-electron chi connectivity index (χ2n) is 4.67. The van der Waals surface area contributed by atoms with Crippen LogP contribution in [0.25, 0.3) is 0 Å². The molecule has 4 heteroatoms. The Morgan fingerprint density at radius 2 is 1.94 bits per heavy atom. The van der Waals surface area contributed by atoms with Gasteiger partial charge in [-0.1, -0.05) is 6.92 Å². The minimum atomic E-state index is -0.252. The Morgan fingerprint density at radius 1 is 1.38 bits per heavy atom. The minimum Gasteiger partial charge on any atom is -0.349 e. The van der Waals surface area contributed by atoms with E-state index in [9.17, 15) is 4.79 Å². The number of rotatable bonds is 5. The second kappa shape index (κ2) is 5.05. The van der Waals surface area contributed by atoms with Crippen molar-refractivity contribution in [3.05, 3.63) is 24.5 Å². The Bertz CT molecular complexity index is 330. The van der Waals surface area contributed by atoms with Crippen molar-refractivity contribution in [2.24, 2.45) is 0 Å². The fourth-order valence-electron chi connectivity index (χ4n) is 1.23. The number of carbonyl (C=O) groups excluding carboxylic acids is 1. The normalized spacial score (nSPS) is 13.2. The lowest BCUT2D eigenvalue weighted by atomic mass is 10.0. The molecular weight excluding hydrogens is 202 g/mol. The maximum atomic E-state index is 11.9. The van der Waals surface area contributed by atoms with Crippen molar-refractivity contribution in [3.8, 4) is 0 Å². The van der Waals surface area contributed by atoms with Crippen molar-refractivity contribution < 1.29 is 4.79 Å². The van der Waals surface area contributed by atoms with Gasteiger partial charge in [-0.15, -0.1) is 0 Å². The summed E-state index contributed by atoms with van der Waals surface area (Å²) in [5, 5.41) is 3.00. The number of hydrogen-bond acceptors (Lipinski definition) is 2. The maximum absolute atomic E-state index is 11.9. The van der Waals surface area contributed by atoms with E-state index in [1.54, 1.807) is 4.68 Å². The summed E-state index contributed by atoms with van der Waals surface area (Å²) in [4.78, 5) is 11.9. The second-order valence-corrected chi connectivity index (χ2v) is 4.67. The van der Waals surface area contributed by atoms with E-state index >= 15 is 0 Å². The first-order valence-electron chi connectivity index (χ1n) is 5.66. The number of carbonyl (C=O) groups is 1. The van der Waals surface area contributed by atoms with Crippen LogP contribution in [0.2, 0.25) is 0 Å². The van der Waals surface area contributed by atoms with Crippen LogP contribution in [-0.4, -0.2) is 22.2 Å². The number of nitrogens with zero attached hydrogens (tertiary/aromatic N) is 1. The molecule has 0 aromatic carbocycles. The van der Waals surface area contributed by atoms with Crippen molar-refractivity contribution in [2.45, 2.75) is 45.7 Å². The molecule has 1 aromatic rings. The van der Waals surface area contributed by atoms with E-state index in [-0.39, 0.29) is 17.5 Å². The van der Waals surface area contributed by atoms with Crippen LogP contribution in [-0.2, 0) is 4.79 Å². The fourth-order valence-corrected chi connectivity index (χ4v) is 1.23. The van der Waals surface area contributed by atoms with Gasteiger partial charge in [0.1, 0.15) is 6.04 Å². The van der Waals surface area contributed by atoms with Crippen LogP contribution in [0.15, 0.2) is 24.5 Å². The zero-order valence-corrected chi connectivity index (χ0v) is 10.4. The largest absolute Gasteiger partial charge is 0.349 e. The van der Waals surface area contributed by atoms with E-state index in [0.717, 1.165) is 6.42 Å². The van der Waals surface area contributed by atoms with E-state index in [1.165, 1.54) is 0 Å². The van der Waals surface area contributed by atoms with Gasteiger partial charge in [0.05, 0.1) is 0 Å². The molecule has 2 N–H and O–H groups in total. The van der Waals surface area contributed by atoms with E-state index in [2.05, 4.69) is 17.7 Å². The molecule has 16 heavy (non-hydrogen) atoms. The van der Waals surface area contributed by atoms with Gasteiger partial charge in [0.15, 0.2) is 0 Å². The Labute approximate surface area is 97.0 Å². The van der Waals surface area contributed by atoms with Crippen LogP contribution in [0, 0.1) is 0 Å². The first-order valence-corrected chi connectivity index (χ1v) is 5.66. The molecule has 90 valence electrons. The topological polar surface area (TPSA) is 46.1 Å². The molecule has 1 unspecified atom stereocenters. The summed E-state index contributed by atoms with van der Waals surface area (Å²) in [7, 11) is 0. The highest BCUT2D eigenvalue weighted by atomic mass is 16.2. The fraction of sp³-hybridized carbons (Fsp3) is 0.583. The van der Waals surface area contributed by atoms with Crippen molar-refractivity contribution in [3.63, 3.8) is 0 Å². The molecule has 0 aliphatic carbocycles. The van der Waals surface area contributed by atoms with Crippen LogP contribution in [0.4, 0.5) is 0 Å². The molecule has 0 aliphatic rings. The maximum Gasteiger partial charge on any atom is 0.244 e. The standard InChI is InChI=1S/C12H21N3O/c1-5-12(3,4)13-11(16)10(2)14-15-8-6-7-9-15/h6-10,14H,5H2,1-4H3,(H,13,16). The lowest BCUT2D eigenvalue weighted by Crippen LogP contribution is -2.49. The van der Waals surface area contributed by atoms with Crippen LogP contribution >= 0.6 is 0 Å². The first-order chi connectivity index (χ1) is 7.44. The highest BCUT2D eigenvalue weighted by molar-refractivity contribution is 5.83. The zero-order chi connectivity index (χ0) is 12.2. The van der Waals surface area contributed by atoms with Crippen LogP contribution in [0.3, 0.4) is 0 Å². The first kappa shape index (κ1) is 12.6. The monoisotopic (exact) mass is 223 g/mol. The molecule has 1 atom stereocenters. The Kier molecular flexibility index (Phi) is 3.99. The van der Waals surface area contributed by atoms with E-state index in [0.29, 0.717) is 0 Å². The molecule has 4 nitrogen and oxygen atoms in total. The molecule has 0 spiro atoms. The predicted octanol–water partition coefficient (Wildman–Crippen LogP) is 1.72. The minimum absolute atomic E-state index is 0.0144. The Morgan fingerprint density at radius 3 is 2.44 bits per heavy atom. The molecule has 1 heterocycles. The number of aromatic nitrogens is 1. The van der Waals surface area contributed by atoms with Gasteiger partial charge < -0.3 is 10.7 Å². The predicted molar refractivity (Wildman–Crippen MR) is 65.8 cm³/mol. The van der Waals surface area contributed by atoms with Gasteiger partial charge in [0.25, 0.3) is 0 Å². The van der Waals surface area contributed by atoms with Gasteiger partial charge in [-0.05, 0) is 39.3 Å². The molecule has 0 bridgehead atoms. The van der Waals surface area contributed by atoms with Gasteiger partial charge in [0.2, 0.25) is 5.91 Å². The molecule has 0 saturated heterocycles. The van der Waals surface area contributed by atoms with Crippen molar-refractivity contribution in [2.75, 3.05) is 5.43 Å². The van der Waals surface area contributed by atoms with E-state index in [1.807, 2.05) is 45.3 Å². The van der Waals surface area contributed by atoms with Gasteiger partial charge in [0, 0.05) is 17.9 Å². The highest BCUT2D eigenvalue weighted by Crippen LogP contribution is 2.07. The van der Waals surface area contributed by atoms with Crippen LogP contribution < -0.4 is 10.7 Å². The van der Waals surface area contributed by atoms with Crippen molar-refractivity contribution in [1.82, 2.24) is 9.99 Å². The molecule has 1 rings (SSSR count). The quantitative estimate of drug-likeness (QED) is 0.798. The molecule has 0 aliphatic heterocycles. The Balaban J connectivity index is 2.48. The summed E-state index contributed by atoms with van der Waals surface area (Å²) in [6.07, 6.45) is 4.65. The van der Waals surface area contributed by atoms with E-state index < -0.39 is 0 Å². The highest BCUT2D eigenvalue weighted by Gasteiger charge is 2.21. The van der Waals surface area contributed by atoms with Gasteiger partial charge in [-0.25, -0.2) is 0 Å². The van der Waals surface area contributed by atoms with Crippen molar-refractivity contribution in [1.29, 1.82) is 0 Å². The molecule has 0 radical (unpaired) electrons. The third kappa shape index (κ3) is 3.61. The number of hydrogen-bond donors (Lipinski definition) is 2. The summed E-state index contributed by atoms with van der Waals surface area (Å²) in [6.45, 7) is 7.95. The van der Waals surface area contributed by atoms with Crippen LogP contribution in [0.1, 0.15) is 34.1 Å². The van der Waals surface area contributed by atoms with Gasteiger partial charge in [-0.3, -0.25) is 9.47 Å². The molecular formula is C12H21N3O. The lowest BCUT2D eigenvalue weighted by Gasteiger charge is -2.27. The average Bonchev–Trinajstić information content (AvgIpc) is 2.69. The summed E-state index contributed by atoms with van der Waals surface area (Å²) >= 11 is 0. The number of nitrogens with one attached hydrogen (secondary N) is 2. The average molecular weight is 223 g/mol. The molecule has 1 amide bonds. The third-order valence-corrected chi connectivity index (χ3v) is 2.69. The van der Waals surface area contributed by atoms with Crippen molar-refractivity contribution >= 4 is 5.91 Å². The van der Waals surface area contributed by atoms with Gasteiger partial charge in [-0.2, -0.15) is 0 Å². The van der Waals surface area contributed by atoms with Crippen LogP contribution in [0.5, 0.6) is 0 Å². The molecule has 0 fully saturated rings. The zero-order valence-electron chi connectivity index (χ0n) is 10.4. The molecule has 1 aromatic heterocycles. The van der Waals surface area contributed by atoms with E-state index in [4.69, 9.17) is 0 Å². The van der Waals surface area contributed by atoms with Gasteiger partial charge >= 0.3 is 0 Å². The summed E-state index contributed by atoms with van der Waals surface area (Å²) in [5.41, 5.74) is 2.92.